The van der Waals surface area contributed by atoms with Crippen molar-refractivity contribution in [1.29, 1.82) is 0 Å². The van der Waals surface area contributed by atoms with E-state index >= 15 is 0 Å². The first kappa shape index (κ1) is 12.2. The van der Waals surface area contributed by atoms with E-state index in [0.29, 0.717) is 22.4 Å². The topological polar surface area (TPSA) is 37.3 Å². The van der Waals surface area contributed by atoms with E-state index in [1.165, 1.54) is 5.56 Å². The number of phenols is 1. The van der Waals surface area contributed by atoms with Gasteiger partial charge in [0.15, 0.2) is 0 Å². The minimum atomic E-state index is 0.189. The minimum Gasteiger partial charge on any atom is -0.508 e. The summed E-state index contributed by atoms with van der Waals surface area (Å²) in [6.45, 7) is 0. The van der Waals surface area contributed by atoms with Crippen LogP contribution in [-0.2, 0) is 0 Å². The predicted molar refractivity (Wildman–Crippen MR) is 75.0 cm³/mol. The molecule has 3 heteroatoms. The summed E-state index contributed by atoms with van der Waals surface area (Å²) in [5.41, 5.74) is 2.96. The monoisotopic (exact) mass is 272 g/mol. The summed E-state index contributed by atoms with van der Waals surface area (Å²) in [4.78, 5) is 10.8. The minimum absolute atomic E-state index is 0.189. The number of carbonyl (C=O) groups is 1. The molecule has 2 atom stereocenters. The zero-order chi connectivity index (χ0) is 13.4. The van der Waals surface area contributed by atoms with Crippen LogP contribution in [-0.4, -0.2) is 11.4 Å². The van der Waals surface area contributed by atoms with Crippen molar-refractivity contribution in [1.82, 2.24) is 0 Å². The fourth-order valence-electron chi connectivity index (χ4n) is 2.59. The standard InChI is InChI=1S/C16H13ClO2/c17-16-7-12(19)4-5-13(16)15-8-14(15)11-3-1-2-10(6-11)9-18/h1-7,9,14-15,19H,8H2. The van der Waals surface area contributed by atoms with E-state index in [9.17, 15) is 9.90 Å². The van der Waals surface area contributed by atoms with Gasteiger partial charge < -0.3 is 5.11 Å². The maximum absolute atomic E-state index is 10.8. The lowest BCUT2D eigenvalue weighted by Crippen LogP contribution is -1.88. The van der Waals surface area contributed by atoms with E-state index < -0.39 is 0 Å². The summed E-state index contributed by atoms with van der Waals surface area (Å²) in [6.07, 6.45) is 1.90. The first-order valence-electron chi connectivity index (χ1n) is 6.22. The van der Waals surface area contributed by atoms with Crippen LogP contribution in [0.15, 0.2) is 42.5 Å². The molecule has 0 bridgehead atoms. The lowest BCUT2D eigenvalue weighted by molar-refractivity contribution is 0.112. The number of rotatable bonds is 3. The van der Waals surface area contributed by atoms with Gasteiger partial charge >= 0.3 is 0 Å². The number of hydrogen-bond donors (Lipinski definition) is 1. The summed E-state index contributed by atoms with van der Waals surface area (Å²) < 4.78 is 0. The summed E-state index contributed by atoms with van der Waals surface area (Å²) in [5.74, 6) is 0.992. The molecule has 19 heavy (non-hydrogen) atoms. The van der Waals surface area contributed by atoms with E-state index in [-0.39, 0.29) is 5.75 Å². The van der Waals surface area contributed by atoms with Crippen molar-refractivity contribution in [3.63, 3.8) is 0 Å². The Kier molecular flexibility index (Phi) is 3.03. The number of phenolic OH excluding ortho intramolecular Hbond substituents is 1. The van der Waals surface area contributed by atoms with Crippen LogP contribution in [0.2, 0.25) is 5.02 Å². The normalized spacial score (nSPS) is 21.1. The van der Waals surface area contributed by atoms with Crippen LogP contribution in [0.4, 0.5) is 0 Å². The molecule has 0 heterocycles. The summed E-state index contributed by atoms with van der Waals surface area (Å²) in [7, 11) is 0. The van der Waals surface area contributed by atoms with Crippen molar-refractivity contribution >= 4 is 17.9 Å². The molecule has 0 aromatic heterocycles. The molecule has 1 N–H and O–H groups in total. The van der Waals surface area contributed by atoms with Gasteiger partial charge in [0, 0.05) is 10.6 Å². The number of carbonyl (C=O) groups excluding carboxylic acids is 1. The zero-order valence-electron chi connectivity index (χ0n) is 10.2. The van der Waals surface area contributed by atoms with Gasteiger partial charge in [-0.1, -0.05) is 35.9 Å². The van der Waals surface area contributed by atoms with Gasteiger partial charge in [0.25, 0.3) is 0 Å². The van der Waals surface area contributed by atoms with Crippen molar-refractivity contribution in [3.05, 3.63) is 64.2 Å². The Morgan fingerprint density at radius 1 is 1.16 bits per heavy atom. The van der Waals surface area contributed by atoms with Crippen LogP contribution < -0.4 is 0 Å². The van der Waals surface area contributed by atoms with Crippen molar-refractivity contribution < 1.29 is 9.90 Å². The molecular weight excluding hydrogens is 260 g/mol. The first-order chi connectivity index (χ1) is 9.19. The van der Waals surface area contributed by atoms with Crippen molar-refractivity contribution in [2.24, 2.45) is 0 Å². The van der Waals surface area contributed by atoms with E-state index in [1.807, 2.05) is 24.3 Å². The molecule has 2 nitrogen and oxygen atoms in total. The van der Waals surface area contributed by atoms with E-state index in [4.69, 9.17) is 11.6 Å². The quantitative estimate of drug-likeness (QED) is 0.853. The molecule has 2 unspecified atom stereocenters. The SMILES string of the molecule is O=Cc1cccc(C2CC2c2ccc(O)cc2Cl)c1. The zero-order valence-corrected chi connectivity index (χ0v) is 11.0. The highest BCUT2D eigenvalue weighted by Crippen LogP contribution is 2.56. The average molecular weight is 273 g/mol. The second-order valence-corrected chi connectivity index (χ2v) is 5.35. The Labute approximate surface area is 116 Å². The lowest BCUT2D eigenvalue weighted by atomic mass is 10.0. The second-order valence-electron chi connectivity index (χ2n) is 4.94. The highest BCUT2D eigenvalue weighted by molar-refractivity contribution is 6.31. The number of aldehydes is 1. The first-order valence-corrected chi connectivity index (χ1v) is 6.60. The third-order valence-corrected chi connectivity index (χ3v) is 3.98. The largest absolute Gasteiger partial charge is 0.508 e. The fraction of sp³-hybridized carbons (Fsp3) is 0.188. The lowest BCUT2D eigenvalue weighted by Gasteiger charge is -2.05. The number of benzene rings is 2. The summed E-state index contributed by atoms with van der Waals surface area (Å²) in [6, 6.07) is 12.8. The number of halogens is 1. The van der Waals surface area contributed by atoms with Gasteiger partial charge in [-0.3, -0.25) is 4.79 Å². The molecule has 0 aliphatic heterocycles. The van der Waals surface area contributed by atoms with Crippen LogP contribution in [0.5, 0.6) is 5.75 Å². The van der Waals surface area contributed by atoms with E-state index in [1.54, 1.807) is 18.2 Å². The number of aromatic hydroxyl groups is 1. The van der Waals surface area contributed by atoms with Crippen molar-refractivity contribution in [3.8, 4) is 5.75 Å². The molecule has 2 aromatic carbocycles. The molecule has 1 aliphatic rings. The molecule has 0 radical (unpaired) electrons. The molecule has 1 aliphatic carbocycles. The van der Waals surface area contributed by atoms with Gasteiger partial charge in [0.2, 0.25) is 0 Å². The smallest absolute Gasteiger partial charge is 0.150 e. The molecule has 2 aromatic rings. The third kappa shape index (κ3) is 2.36. The van der Waals surface area contributed by atoms with Gasteiger partial charge in [0.1, 0.15) is 12.0 Å². The van der Waals surface area contributed by atoms with Crippen LogP contribution in [0.25, 0.3) is 0 Å². The highest BCUT2D eigenvalue weighted by atomic mass is 35.5. The Morgan fingerprint density at radius 2 is 2.00 bits per heavy atom. The van der Waals surface area contributed by atoms with Crippen LogP contribution in [0.3, 0.4) is 0 Å². The van der Waals surface area contributed by atoms with E-state index in [0.717, 1.165) is 18.3 Å². The van der Waals surface area contributed by atoms with Gasteiger partial charge in [0.05, 0.1) is 0 Å². The molecule has 0 amide bonds. The summed E-state index contributed by atoms with van der Waals surface area (Å²) in [5, 5.41) is 9.98. The van der Waals surface area contributed by atoms with Crippen LogP contribution in [0.1, 0.15) is 39.7 Å². The molecule has 0 saturated heterocycles. The van der Waals surface area contributed by atoms with Gasteiger partial charge in [-0.05, 0) is 47.6 Å². The molecule has 1 fully saturated rings. The Balaban J connectivity index is 1.85. The molecule has 1 saturated carbocycles. The predicted octanol–water partition coefficient (Wildman–Crippen LogP) is 4.13. The molecule has 0 spiro atoms. The van der Waals surface area contributed by atoms with Crippen molar-refractivity contribution in [2.45, 2.75) is 18.3 Å². The van der Waals surface area contributed by atoms with Crippen molar-refractivity contribution in [2.75, 3.05) is 0 Å². The van der Waals surface area contributed by atoms with Gasteiger partial charge in [-0.25, -0.2) is 0 Å². The maximum Gasteiger partial charge on any atom is 0.150 e. The third-order valence-electron chi connectivity index (χ3n) is 3.65. The second kappa shape index (κ2) is 4.71. The average Bonchev–Trinajstić information content (AvgIpc) is 3.19. The van der Waals surface area contributed by atoms with Gasteiger partial charge in [-0.15, -0.1) is 0 Å². The van der Waals surface area contributed by atoms with Gasteiger partial charge in [-0.2, -0.15) is 0 Å². The van der Waals surface area contributed by atoms with Crippen LogP contribution in [0, 0.1) is 0 Å². The van der Waals surface area contributed by atoms with E-state index in [2.05, 4.69) is 0 Å². The number of hydrogen-bond acceptors (Lipinski definition) is 2. The maximum atomic E-state index is 10.8. The molecule has 3 rings (SSSR count). The highest BCUT2D eigenvalue weighted by Gasteiger charge is 2.40. The summed E-state index contributed by atoms with van der Waals surface area (Å²) >= 11 is 6.16. The Hall–Kier alpha value is -1.80. The fourth-order valence-corrected chi connectivity index (χ4v) is 2.90. The van der Waals surface area contributed by atoms with Crippen LogP contribution >= 0.6 is 11.6 Å². The molecule has 96 valence electrons. The Bertz CT molecular complexity index is 636. The Morgan fingerprint density at radius 3 is 2.74 bits per heavy atom. The molecular formula is C16H13ClO2.